The second-order valence-corrected chi connectivity index (χ2v) is 7.11. The van der Waals surface area contributed by atoms with Gasteiger partial charge in [0.05, 0.1) is 17.6 Å². The number of amides is 2. The van der Waals surface area contributed by atoms with Crippen molar-refractivity contribution in [3.05, 3.63) is 18.2 Å². The highest BCUT2D eigenvalue weighted by Gasteiger charge is 2.27. The van der Waals surface area contributed by atoms with Crippen LogP contribution in [0.2, 0.25) is 0 Å². The molecule has 2 N–H and O–H groups in total. The lowest BCUT2D eigenvalue weighted by Gasteiger charge is -2.22. The average Bonchev–Trinajstić information content (AvgIpc) is 3.03. The minimum Gasteiger partial charge on any atom is -0.508 e. The van der Waals surface area contributed by atoms with Crippen LogP contribution in [0, 0.1) is 0 Å². The van der Waals surface area contributed by atoms with Gasteiger partial charge in [0, 0.05) is 31.5 Å². The van der Waals surface area contributed by atoms with Gasteiger partial charge in [-0.1, -0.05) is 11.8 Å². The van der Waals surface area contributed by atoms with E-state index in [0.29, 0.717) is 19.5 Å². The van der Waals surface area contributed by atoms with E-state index in [2.05, 4.69) is 10.2 Å². The third-order valence-corrected chi connectivity index (χ3v) is 5.64. The van der Waals surface area contributed by atoms with Crippen LogP contribution in [0.1, 0.15) is 19.3 Å². The van der Waals surface area contributed by atoms with E-state index in [9.17, 15) is 14.7 Å². The standard InChI is InChI=1S/C16H21N3O3S/c1-18-12-5-4-11(20)9-13(12)23-16(18)6-7-17-14(21)10-19-8-2-3-15(19)22/h4-5,9,16,20H,2-3,6-8,10H2,1H3,(H,17,21). The summed E-state index contributed by atoms with van der Waals surface area (Å²) >= 11 is 1.69. The second-order valence-electron chi connectivity index (χ2n) is 5.89. The van der Waals surface area contributed by atoms with E-state index in [1.165, 1.54) is 0 Å². The zero-order valence-electron chi connectivity index (χ0n) is 13.1. The van der Waals surface area contributed by atoms with Crippen LogP contribution in [0.25, 0.3) is 0 Å². The van der Waals surface area contributed by atoms with Gasteiger partial charge in [0.25, 0.3) is 0 Å². The number of phenols is 1. The van der Waals surface area contributed by atoms with Crippen molar-refractivity contribution in [3.8, 4) is 5.75 Å². The van der Waals surface area contributed by atoms with Gasteiger partial charge in [-0.2, -0.15) is 0 Å². The molecule has 1 unspecified atom stereocenters. The number of fused-ring (bicyclic) bond motifs is 1. The number of thioether (sulfide) groups is 1. The minimum absolute atomic E-state index is 0.0708. The maximum Gasteiger partial charge on any atom is 0.239 e. The summed E-state index contributed by atoms with van der Waals surface area (Å²) in [6.07, 6.45) is 2.21. The van der Waals surface area contributed by atoms with Crippen LogP contribution in [0.4, 0.5) is 5.69 Å². The summed E-state index contributed by atoms with van der Waals surface area (Å²) in [5.74, 6) is 0.247. The van der Waals surface area contributed by atoms with Crippen molar-refractivity contribution in [2.75, 3.05) is 31.6 Å². The van der Waals surface area contributed by atoms with E-state index in [0.717, 1.165) is 23.4 Å². The summed E-state index contributed by atoms with van der Waals surface area (Å²) in [6.45, 7) is 1.43. The molecule has 2 heterocycles. The highest BCUT2D eigenvalue weighted by molar-refractivity contribution is 8.00. The molecule has 0 aromatic heterocycles. The van der Waals surface area contributed by atoms with Crippen LogP contribution >= 0.6 is 11.8 Å². The van der Waals surface area contributed by atoms with Crippen molar-refractivity contribution < 1.29 is 14.7 Å². The van der Waals surface area contributed by atoms with Gasteiger partial charge in [-0.05, 0) is 31.0 Å². The van der Waals surface area contributed by atoms with Crippen LogP contribution in [0.5, 0.6) is 5.75 Å². The Morgan fingerprint density at radius 3 is 3.04 bits per heavy atom. The molecule has 1 saturated heterocycles. The van der Waals surface area contributed by atoms with Crippen LogP contribution in [-0.2, 0) is 9.59 Å². The topological polar surface area (TPSA) is 72.9 Å². The minimum atomic E-state index is -0.0962. The number of hydrogen-bond acceptors (Lipinski definition) is 5. The molecule has 0 saturated carbocycles. The van der Waals surface area contributed by atoms with Gasteiger partial charge in [0.2, 0.25) is 11.8 Å². The van der Waals surface area contributed by atoms with E-state index >= 15 is 0 Å². The summed E-state index contributed by atoms with van der Waals surface area (Å²) in [4.78, 5) is 28.2. The second kappa shape index (κ2) is 6.70. The van der Waals surface area contributed by atoms with Crippen molar-refractivity contribution in [2.45, 2.75) is 29.5 Å². The Bertz CT molecular complexity index is 623. The molecule has 2 aliphatic heterocycles. The van der Waals surface area contributed by atoms with Crippen LogP contribution in [0.15, 0.2) is 23.1 Å². The maximum absolute atomic E-state index is 11.9. The van der Waals surface area contributed by atoms with Crippen molar-refractivity contribution in [1.29, 1.82) is 0 Å². The zero-order valence-corrected chi connectivity index (χ0v) is 13.9. The first-order valence-electron chi connectivity index (χ1n) is 7.81. The molecule has 7 heteroatoms. The number of carbonyl (C=O) groups excluding carboxylic acids is 2. The molecule has 23 heavy (non-hydrogen) atoms. The Morgan fingerprint density at radius 2 is 2.30 bits per heavy atom. The summed E-state index contributed by atoms with van der Waals surface area (Å²) in [6, 6.07) is 5.37. The van der Waals surface area contributed by atoms with Crippen molar-refractivity contribution >= 4 is 29.3 Å². The average molecular weight is 335 g/mol. The molecule has 6 nitrogen and oxygen atoms in total. The molecule has 0 radical (unpaired) electrons. The van der Waals surface area contributed by atoms with Gasteiger partial charge in [0.15, 0.2) is 0 Å². The lowest BCUT2D eigenvalue weighted by molar-refractivity contribution is -0.133. The van der Waals surface area contributed by atoms with E-state index in [1.807, 2.05) is 13.1 Å². The molecule has 0 spiro atoms. The fourth-order valence-corrected chi connectivity index (χ4v) is 4.28. The number of aromatic hydroxyl groups is 1. The van der Waals surface area contributed by atoms with Crippen LogP contribution in [0.3, 0.4) is 0 Å². The summed E-state index contributed by atoms with van der Waals surface area (Å²) in [7, 11) is 2.02. The number of rotatable bonds is 5. The quantitative estimate of drug-likeness (QED) is 0.851. The largest absolute Gasteiger partial charge is 0.508 e. The molecule has 1 aromatic carbocycles. The van der Waals surface area contributed by atoms with E-state index in [1.54, 1.807) is 28.8 Å². The Kier molecular flexibility index (Phi) is 4.66. The third-order valence-electron chi connectivity index (χ3n) is 4.24. The molecule has 1 fully saturated rings. The monoisotopic (exact) mass is 335 g/mol. The predicted molar refractivity (Wildman–Crippen MR) is 89.6 cm³/mol. The first-order valence-corrected chi connectivity index (χ1v) is 8.69. The summed E-state index contributed by atoms with van der Waals surface area (Å²) in [5.41, 5.74) is 1.10. The highest BCUT2D eigenvalue weighted by atomic mass is 32.2. The van der Waals surface area contributed by atoms with Crippen LogP contribution in [-0.4, -0.2) is 53.9 Å². The first-order chi connectivity index (χ1) is 11.0. The normalized spacial score (nSPS) is 20.0. The number of benzene rings is 1. The van der Waals surface area contributed by atoms with Gasteiger partial charge >= 0.3 is 0 Å². The number of phenolic OH excluding ortho intramolecular Hbond substituents is 1. The highest BCUT2D eigenvalue weighted by Crippen LogP contribution is 2.44. The lowest BCUT2D eigenvalue weighted by atomic mass is 10.2. The SMILES string of the molecule is CN1c2ccc(O)cc2SC1CCNC(=O)CN1CCCC1=O. The van der Waals surface area contributed by atoms with Crippen LogP contribution < -0.4 is 10.2 Å². The maximum atomic E-state index is 11.9. The number of hydrogen-bond donors (Lipinski definition) is 2. The Balaban J connectivity index is 1.44. The Labute approximate surface area is 139 Å². The van der Waals surface area contributed by atoms with Gasteiger partial charge < -0.3 is 20.2 Å². The lowest BCUT2D eigenvalue weighted by Crippen LogP contribution is -2.39. The molecule has 0 aliphatic carbocycles. The molecule has 124 valence electrons. The number of carbonyl (C=O) groups is 2. The van der Waals surface area contributed by atoms with Crippen molar-refractivity contribution in [2.24, 2.45) is 0 Å². The van der Waals surface area contributed by atoms with Gasteiger partial charge in [-0.25, -0.2) is 0 Å². The van der Waals surface area contributed by atoms with E-state index < -0.39 is 0 Å². The molecular formula is C16H21N3O3S. The number of nitrogens with one attached hydrogen (secondary N) is 1. The Morgan fingerprint density at radius 1 is 1.48 bits per heavy atom. The number of likely N-dealkylation sites (tertiary alicyclic amines) is 1. The fraction of sp³-hybridized carbons (Fsp3) is 0.500. The summed E-state index contributed by atoms with van der Waals surface area (Å²) < 4.78 is 0. The smallest absolute Gasteiger partial charge is 0.239 e. The van der Waals surface area contributed by atoms with Gasteiger partial charge in [0.1, 0.15) is 5.75 Å². The van der Waals surface area contributed by atoms with Gasteiger partial charge in [-0.3, -0.25) is 9.59 Å². The van der Waals surface area contributed by atoms with Crippen molar-refractivity contribution in [3.63, 3.8) is 0 Å². The number of nitrogens with zero attached hydrogens (tertiary/aromatic N) is 2. The van der Waals surface area contributed by atoms with Crippen molar-refractivity contribution in [1.82, 2.24) is 10.2 Å². The number of anilines is 1. The third kappa shape index (κ3) is 3.55. The zero-order chi connectivity index (χ0) is 16.4. The molecule has 1 aromatic rings. The predicted octanol–water partition coefficient (Wildman–Crippen LogP) is 1.39. The molecule has 0 bridgehead atoms. The fourth-order valence-electron chi connectivity index (χ4n) is 2.96. The van der Waals surface area contributed by atoms with E-state index in [4.69, 9.17) is 0 Å². The molecule has 3 rings (SSSR count). The van der Waals surface area contributed by atoms with E-state index in [-0.39, 0.29) is 29.5 Å². The molecule has 2 aliphatic rings. The molecule has 1 atom stereocenters. The Hall–Kier alpha value is -1.89. The molecule has 2 amide bonds. The first kappa shape index (κ1) is 16.0. The summed E-state index contributed by atoms with van der Waals surface area (Å²) in [5, 5.41) is 12.7. The molecular weight excluding hydrogens is 314 g/mol. The van der Waals surface area contributed by atoms with Gasteiger partial charge in [-0.15, -0.1) is 0 Å².